The number of ether oxygens (including phenoxy) is 2. The highest BCUT2D eigenvalue weighted by molar-refractivity contribution is 5.94. The summed E-state index contributed by atoms with van der Waals surface area (Å²) in [6.45, 7) is 5.15. The molecule has 176 valence electrons. The Morgan fingerprint density at radius 2 is 1.82 bits per heavy atom. The summed E-state index contributed by atoms with van der Waals surface area (Å²) in [5.41, 5.74) is 4.09. The van der Waals surface area contributed by atoms with Gasteiger partial charge in [0.15, 0.2) is 0 Å². The Kier molecular flexibility index (Phi) is 5.53. The Balaban J connectivity index is 1.17. The van der Waals surface area contributed by atoms with Gasteiger partial charge in [-0.1, -0.05) is 6.07 Å². The minimum absolute atomic E-state index is 0.124. The summed E-state index contributed by atoms with van der Waals surface area (Å²) in [7, 11) is 0. The predicted octanol–water partition coefficient (Wildman–Crippen LogP) is 2.28. The minimum Gasteiger partial charge on any atom is -0.457 e. The van der Waals surface area contributed by atoms with Crippen molar-refractivity contribution in [2.45, 2.75) is 64.7 Å². The normalized spacial score (nSPS) is 27.9. The van der Waals surface area contributed by atoms with Crippen molar-refractivity contribution in [2.24, 2.45) is 5.41 Å². The van der Waals surface area contributed by atoms with Crippen molar-refractivity contribution in [1.29, 1.82) is 0 Å². The molecule has 5 rings (SSSR count). The Morgan fingerprint density at radius 1 is 1.09 bits per heavy atom. The van der Waals surface area contributed by atoms with E-state index in [0.29, 0.717) is 24.2 Å². The highest BCUT2D eigenvalue weighted by Crippen LogP contribution is 2.46. The number of hydrogen-bond acceptors (Lipinski definition) is 7. The number of nitrogens with one attached hydrogen (secondary N) is 1. The molecule has 0 bridgehead atoms. The van der Waals surface area contributed by atoms with Crippen LogP contribution in [0.5, 0.6) is 0 Å². The van der Waals surface area contributed by atoms with Crippen molar-refractivity contribution in [1.82, 2.24) is 10.2 Å². The lowest BCUT2D eigenvalue weighted by atomic mass is 9.71. The first-order valence-corrected chi connectivity index (χ1v) is 11.7. The van der Waals surface area contributed by atoms with Crippen molar-refractivity contribution < 1.29 is 29.0 Å². The Bertz CT molecular complexity index is 1050. The first-order chi connectivity index (χ1) is 15.8. The fraction of sp³-hybridized carbons (Fsp3) is 0.560. The van der Waals surface area contributed by atoms with E-state index < -0.39 is 6.10 Å². The number of carbonyl (C=O) groups is 3. The molecular weight excluding hydrogens is 424 g/mol. The van der Waals surface area contributed by atoms with Gasteiger partial charge < -0.3 is 24.8 Å². The number of rotatable bonds is 5. The second-order valence-corrected chi connectivity index (χ2v) is 9.72. The number of esters is 2. The molecule has 0 unspecified atom stereocenters. The van der Waals surface area contributed by atoms with Gasteiger partial charge in [0.1, 0.15) is 13.2 Å². The maximum atomic E-state index is 13.3. The largest absolute Gasteiger partial charge is 0.457 e. The van der Waals surface area contributed by atoms with Crippen molar-refractivity contribution in [3.8, 4) is 0 Å². The monoisotopic (exact) mass is 454 g/mol. The van der Waals surface area contributed by atoms with Crippen LogP contribution >= 0.6 is 0 Å². The van der Waals surface area contributed by atoms with E-state index in [0.717, 1.165) is 54.5 Å². The maximum absolute atomic E-state index is 13.3. The molecule has 2 N–H and O–H groups in total. The number of amides is 1. The van der Waals surface area contributed by atoms with Crippen LogP contribution in [0.1, 0.15) is 72.2 Å². The zero-order chi connectivity index (χ0) is 23.3. The average Bonchev–Trinajstić information content (AvgIpc) is 3.45. The van der Waals surface area contributed by atoms with E-state index in [9.17, 15) is 19.5 Å². The van der Waals surface area contributed by atoms with E-state index in [1.807, 2.05) is 13.0 Å². The van der Waals surface area contributed by atoms with Gasteiger partial charge >= 0.3 is 11.9 Å². The molecule has 8 heteroatoms. The van der Waals surface area contributed by atoms with Crippen LogP contribution in [-0.4, -0.2) is 53.6 Å². The third kappa shape index (κ3) is 3.65. The minimum atomic E-state index is -0.680. The summed E-state index contributed by atoms with van der Waals surface area (Å²) in [5.74, 6) is -0.510. The van der Waals surface area contributed by atoms with Crippen LogP contribution in [0.15, 0.2) is 23.4 Å². The van der Waals surface area contributed by atoms with E-state index in [4.69, 9.17) is 9.47 Å². The van der Waals surface area contributed by atoms with Gasteiger partial charge in [-0.3, -0.25) is 4.79 Å². The average molecular weight is 455 g/mol. The molecule has 1 aromatic carbocycles. The topological polar surface area (TPSA) is 105 Å². The van der Waals surface area contributed by atoms with E-state index in [1.54, 1.807) is 17.9 Å². The quantitative estimate of drug-likeness (QED) is 0.658. The number of carbonyl (C=O) groups excluding carboxylic acids is 3. The number of hydrogen-bond donors (Lipinski definition) is 2. The van der Waals surface area contributed by atoms with Crippen LogP contribution in [0.2, 0.25) is 0 Å². The number of cyclic esters (lactones) is 2. The molecule has 1 aliphatic carbocycles. The zero-order valence-electron chi connectivity index (χ0n) is 19.1. The zero-order valence-corrected chi connectivity index (χ0v) is 19.1. The van der Waals surface area contributed by atoms with Gasteiger partial charge in [-0.2, -0.15) is 0 Å². The number of fused-ring (bicyclic) bond motifs is 1. The molecule has 2 fully saturated rings. The third-order valence-corrected chi connectivity index (χ3v) is 8.03. The molecule has 1 aromatic rings. The van der Waals surface area contributed by atoms with E-state index in [1.165, 1.54) is 0 Å². The molecule has 0 aromatic heterocycles. The van der Waals surface area contributed by atoms with Crippen LogP contribution in [0.3, 0.4) is 0 Å². The summed E-state index contributed by atoms with van der Waals surface area (Å²) in [5, 5.41) is 14.3. The van der Waals surface area contributed by atoms with Gasteiger partial charge in [-0.15, -0.1) is 0 Å². The number of aliphatic hydroxyl groups is 1. The molecular formula is C25H30N2O6. The number of benzene rings is 1. The van der Waals surface area contributed by atoms with Crippen molar-refractivity contribution in [2.75, 3.05) is 19.7 Å². The maximum Gasteiger partial charge on any atom is 0.338 e. The van der Waals surface area contributed by atoms with Gasteiger partial charge in [-0.25, -0.2) is 9.59 Å². The standard InChI is InChI=1S/C25H30N2O6/c1-14-17(3-4-18-19(14)12-32-23(18)30)21(28)11-26-16-5-7-25(8-6-16)9-10-27(24(25)31)20-13-33-22(29)15(20)2/h3-4,16,21,26,28H,5-13H2,1-2H3/t16?,21-,25?/m1/s1. The number of aliphatic hydroxyl groups excluding tert-OH is 1. The molecule has 4 aliphatic rings. The number of likely N-dealkylation sites (tertiary alicyclic amines) is 1. The smallest absolute Gasteiger partial charge is 0.338 e. The molecule has 1 saturated carbocycles. The van der Waals surface area contributed by atoms with Crippen LogP contribution in [0.25, 0.3) is 0 Å². The molecule has 1 atom stereocenters. The molecule has 3 heterocycles. The summed E-state index contributed by atoms with van der Waals surface area (Å²) in [6, 6.07) is 3.78. The summed E-state index contributed by atoms with van der Waals surface area (Å²) < 4.78 is 10.2. The first kappa shape index (κ1) is 22.1. The second-order valence-electron chi connectivity index (χ2n) is 9.72. The Hall–Kier alpha value is -2.71. The molecule has 0 radical (unpaired) electrons. The van der Waals surface area contributed by atoms with Gasteiger partial charge in [0.2, 0.25) is 5.91 Å². The highest BCUT2D eigenvalue weighted by Gasteiger charge is 2.50. The predicted molar refractivity (Wildman–Crippen MR) is 118 cm³/mol. The lowest BCUT2D eigenvalue weighted by Gasteiger charge is -2.36. The Labute approximate surface area is 192 Å². The molecule has 1 amide bonds. The SMILES string of the molecule is CC1=C(N2CCC3(CCC(NC[C@@H](O)c4ccc5c(c4C)COC5=O)CC3)C2=O)COC1=O. The summed E-state index contributed by atoms with van der Waals surface area (Å²) >= 11 is 0. The van der Waals surface area contributed by atoms with Gasteiger partial charge in [0.25, 0.3) is 0 Å². The van der Waals surface area contributed by atoms with E-state index in [-0.39, 0.29) is 42.5 Å². The molecule has 3 aliphatic heterocycles. The summed E-state index contributed by atoms with van der Waals surface area (Å²) in [6.07, 6.45) is 3.46. The third-order valence-electron chi connectivity index (χ3n) is 8.03. The fourth-order valence-electron chi connectivity index (χ4n) is 5.78. The first-order valence-electron chi connectivity index (χ1n) is 11.7. The van der Waals surface area contributed by atoms with E-state index >= 15 is 0 Å². The lowest BCUT2D eigenvalue weighted by molar-refractivity contribution is -0.138. The number of nitrogens with zero attached hydrogens (tertiary/aromatic N) is 1. The van der Waals surface area contributed by atoms with Crippen molar-refractivity contribution >= 4 is 17.8 Å². The molecule has 33 heavy (non-hydrogen) atoms. The van der Waals surface area contributed by atoms with Gasteiger partial charge in [-0.05, 0) is 63.1 Å². The van der Waals surface area contributed by atoms with Crippen LogP contribution in [0.4, 0.5) is 0 Å². The lowest BCUT2D eigenvalue weighted by Crippen LogP contribution is -2.43. The van der Waals surface area contributed by atoms with Gasteiger partial charge in [0.05, 0.1) is 28.4 Å². The summed E-state index contributed by atoms with van der Waals surface area (Å²) in [4.78, 5) is 38.5. The van der Waals surface area contributed by atoms with E-state index in [2.05, 4.69) is 5.32 Å². The second kappa shape index (κ2) is 8.25. The molecule has 1 saturated heterocycles. The van der Waals surface area contributed by atoms with Crippen molar-refractivity contribution in [3.05, 3.63) is 45.7 Å². The van der Waals surface area contributed by atoms with Crippen LogP contribution in [0, 0.1) is 12.3 Å². The van der Waals surface area contributed by atoms with Crippen LogP contribution < -0.4 is 5.32 Å². The molecule has 1 spiro atoms. The Morgan fingerprint density at radius 3 is 2.52 bits per heavy atom. The molecule has 8 nitrogen and oxygen atoms in total. The highest BCUT2D eigenvalue weighted by atomic mass is 16.5. The van der Waals surface area contributed by atoms with Gasteiger partial charge in [0, 0.05) is 24.7 Å². The van der Waals surface area contributed by atoms with Crippen LogP contribution in [-0.2, 0) is 25.7 Å². The fourth-order valence-corrected chi connectivity index (χ4v) is 5.78. The van der Waals surface area contributed by atoms with Crippen molar-refractivity contribution in [3.63, 3.8) is 0 Å².